The lowest BCUT2D eigenvalue weighted by molar-refractivity contribution is 0.0635. The van der Waals surface area contributed by atoms with E-state index in [0.717, 1.165) is 6.26 Å². The number of hydrogen-bond acceptors (Lipinski definition) is 18. The van der Waals surface area contributed by atoms with Crippen LogP contribution in [0.3, 0.4) is 0 Å². The van der Waals surface area contributed by atoms with Crippen molar-refractivity contribution >= 4 is 70.0 Å². The normalized spacial score (nSPS) is 12.8. The van der Waals surface area contributed by atoms with E-state index < -0.39 is 42.6 Å². The molecular formula is C43H64N4O14P2S3. The highest BCUT2D eigenvalue weighted by molar-refractivity contribution is 7.90. The van der Waals surface area contributed by atoms with Gasteiger partial charge in [-0.2, -0.15) is 0 Å². The van der Waals surface area contributed by atoms with Crippen molar-refractivity contribution in [3.8, 4) is 17.2 Å². The molecule has 0 bridgehead atoms. The lowest BCUT2D eigenvalue weighted by Crippen LogP contribution is -2.27. The Balaban J connectivity index is 0.000000409. The maximum absolute atomic E-state index is 13.3. The van der Waals surface area contributed by atoms with Gasteiger partial charge in [0.15, 0.2) is 20.1 Å². The molecule has 0 spiro atoms. The second kappa shape index (κ2) is 25.0. The monoisotopic (exact) mass is 1020 g/mol. The Labute approximate surface area is 396 Å². The molecule has 368 valence electrons. The first-order valence-electron chi connectivity index (χ1n) is 20.9. The Bertz CT molecular complexity index is 2370. The summed E-state index contributed by atoms with van der Waals surface area (Å²) >= 11 is 2.41. The molecule has 0 aliphatic carbocycles. The average molecular weight is 1020 g/mol. The minimum absolute atomic E-state index is 0.0352. The van der Waals surface area contributed by atoms with Crippen LogP contribution in [0.15, 0.2) is 58.1 Å². The number of nitrogens with one attached hydrogen (secondary N) is 2. The van der Waals surface area contributed by atoms with Crippen LogP contribution < -0.4 is 20.1 Å². The van der Waals surface area contributed by atoms with E-state index in [0.29, 0.717) is 45.5 Å². The number of methoxy groups -OCH3 is 1. The van der Waals surface area contributed by atoms with Gasteiger partial charge in [-0.05, 0) is 119 Å². The van der Waals surface area contributed by atoms with Gasteiger partial charge in [0.05, 0.1) is 59.6 Å². The summed E-state index contributed by atoms with van der Waals surface area (Å²) in [7, 11) is -8.57. The number of nitrogens with zero attached hydrogens (tertiary/aromatic N) is 2. The Morgan fingerprint density at radius 1 is 0.697 bits per heavy atom. The first-order chi connectivity index (χ1) is 30.5. The van der Waals surface area contributed by atoms with Gasteiger partial charge in [0.25, 0.3) is 5.91 Å². The minimum Gasteiger partial charge on any atom is -0.488 e. The van der Waals surface area contributed by atoms with Crippen LogP contribution in [0.2, 0.25) is 0 Å². The van der Waals surface area contributed by atoms with Gasteiger partial charge >= 0.3 is 21.3 Å². The summed E-state index contributed by atoms with van der Waals surface area (Å²) in [4.78, 5) is 33.8. The van der Waals surface area contributed by atoms with E-state index in [4.69, 9.17) is 37.0 Å². The number of ether oxygens (including phenoxy) is 4. The Kier molecular flexibility index (Phi) is 21.5. The highest BCUT2D eigenvalue weighted by Crippen LogP contribution is 2.54. The molecule has 0 saturated heterocycles. The van der Waals surface area contributed by atoms with E-state index in [1.165, 1.54) is 53.0 Å². The van der Waals surface area contributed by atoms with E-state index in [1.807, 2.05) is 6.92 Å². The molecule has 1 atom stereocenters. The van der Waals surface area contributed by atoms with Gasteiger partial charge in [-0.3, -0.25) is 24.6 Å². The fourth-order valence-corrected chi connectivity index (χ4v) is 11.9. The van der Waals surface area contributed by atoms with Crippen molar-refractivity contribution in [2.45, 2.75) is 136 Å². The highest BCUT2D eigenvalue weighted by atomic mass is 32.2. The van der Waals surface area contributed by atoms with Gasteiger partial charge in [0, 0.05) is 35.8 Å². The van der Waals surface area contributed by atoms with Crippen LogP contribution in [-0.2, 0) is 58.9 Å². The number of carbonyl (C=O) groups excluding carboxylic acids is 2. The predicted octanol–water partition coefficient (Wildman–Crippen LogP) is 11.6. The lowest BCUT2D eigenvalue weighted by atomic mass is 10.2. The van der Waals surface area contributed by atoms with Gasteiger partial charge in [0.1, 0.15) is 29.0 Å². The van der Waals surface area contributed by atoms with E-state index in [9.17, 15) is 27.1 Å². The molecule has 2 aromatic heterocycles. The zero-order chi connectivity index (χ0) is 49.6. The molecule has 66 heavy (non-hydrogen) atoms. The van der Waals surface area contributed by atoms with Crippen LogP contribution >= 0.6 is 37.9 Å². The zero-order valence-corrected chi connectivity index (χ0v) is 44.2. The number of sulfone groups is 1. The fraction of sp³-hybridized carbons (Fsp3) is 0.535. The molecule has 2 aromatic carbocycles. The van der Waals surface area contributed by atoms with Crippen molar-refractivity contribution < 1.29 is 64.2 Å². The first-order valence-corrected chi connectivity index (χ1v) is 28.1. The van der Waals surface area contributed by atoms with Crippen LogP contribution in [-0.4, -0.2) is 86.5 Å². The van der Waals surface area contributed by atoms with E-state index in [2.05, 4.69) is 20.6 Å². The Morgan fingerprint density at radius 3 is 1.58 bits per heavy atom. The average Bonchev–Trinajstić information content (AvgIpc) is 3.76. The number of aromatic nitrogens is 2. The highest BCUT2D eigenvalue weighted by Gasteiger charge is 2.31. The SMILES string of the molecule is CC(C)OP(=O)(Cc1csc(NC(=O)OC(C)(C)C)n1)OC(C)C.COC[C@H](C)Oc1cc(Oc2ccc(S(C)(=O)=O)cc2)cc(C(=O)Nc2nc(CP(=O)(OC(C)C)OC(C)C)cs2)c1. The Morgan fingerprint density at radius 2 is 1.15 bits per heavy atom. The largest absolute Gasteiger partial charge is 0.488 e. The number of carbonyl (C=O) groups is 2. The van der Waals surface area contributed by atoms with Crippen molar-refractivity contribution in [1.29, 1.82) is 0 Å². The van der Waals surface area contributed by atoms with E-state index >= 15 is 0 Å². The summed E-state index contributed by atoms with van der Waals surface area (Å²) in [6.07, 6.45) is -0.816. The number of amides is 2. The molecular weight excluding hydrogens is 955 g/mol. The van der Waals surface area contributed by atoms with Crippen molar-refractivity contribution in [2.75, 3.05) is 30.6 Å². The van der Waals surface area contributed by atoms with E-state index in [1.54, 1.807) is 106 Å². The van der Waals surface area contributed by atoms with Crippen LogP contribution in [0.1, 0.15) is 105 Å². The molecule has 18 nitrogen and oxygen atoms in total. The smallest absolute Gasteiger partial charge is 0.413 e. The fourth-order valence-electron chi connectivity index (χ4n) is 5.54. The number of benzene rings is 2. The van der Waals surface area contributed by atoms with Crippen LogP contribution in [0.5, 0.6) is 17.2 Å². The molecule has 2 heterocycles. The lowest BCUT2D eigenvalue weighted by Gasteiger charge is -2.22. The van der Waals surface area contributed by atoms with Gasteiger partial charge in [-0.1, -0.05) is 0 Å². The van der Waals surface area contributed by atoms with Crippen molar-refractivity contribution in [2.24, 2.45) is 0 Å². The van der Waals surface area contributed by atoms with Crippen LogP contribution in [0, 0.1) is 0 Å². The quantitative estimate of drug-likeness (QED) is 0.0698. The summed E-state index contributed by atoms with van der Waals surface area (Å²) in [6.45, 7) is 21.8. The molecule has 0 saturated carbocycles. The second-order valence-electron chi connectivity index (χ2n) is 16.9. The predicted molar refractivity (Wildman–Crippen MR) is 258 cm³/mol. The topological polar surface area (TPSA) is 226 Å². The Hall–Kier alpha value is -3.75. The van der Waals surface area contributed by atoms with Crippen molar-refractivity contribution in [3.05, 3.63) is 70.2 Å². The molecule has 0 fully saturated rings. The third kappa shape index (κ3) is 21.0. The summed E-state index contributed by atoms with van der Waals surface area (Å²) < 4.78 is 94.0. The molecule has 0 aliphatic heterocycles. The van der Waals surface area contributed by atoms with Crippen LogP contribution in [0.4, 0.5) is 15.1 Å². The van der Waals surface area contributed by atoms with Gasteiger partial charge in [-0.15, -0.1) is 22.7 Å². The van der Waals surface area contributed by atoms with Crippen molar-refractivity contribution in [3.63, 3.8) is 0 Å². The molecule has 0 radical (unpaired) electrons. The van der Waals surface area contributed by atoms with Crippen LogP contribution in [0.25, 0.3) is 0 Å². The summed E-state index contributed by atoms with van der Waals surface area (Å²) in [5.41, 5.74) is 0.645. The number of anilines is 2. The molecule has 4 aromatic rings. The van der Waals surface area contributed by atoms with Gasteiger partial charge < -0.3 is 37.0 Å². The summed E-state index contributed by atoms with van der Waals surface area (Å²) in [5.74, 6) is 0.564. The second-order valence-corrected chi connectivity index (χ2v) is 24.6. The summed E-state index contributed by atoms with van der Waals surface area (Å²) in [6, 6.07) is 10.7. The molecule has 0 aliphatic rings. The molecule has 4 rings (SSSR count). The standard InChI is InChI=1S/C28H37N2O9PS2.C15H27N2O5PS/c1-18(2)38-40(32,39-19(3)4)16-22-17-41-28(29-22)30-27(31)21-12-24(36-20(5)15-35-6)14-25(13-21)37-23-8-10-26(11-9-23)42(7,33)34;1-10(2)21-23(19,22-11(3)4)8-12-9-24-13(16-12)17-14(18)20-15(5,6)7/h8-14,17-20H,15-16H2,1-7H3,(H,29,30,31);9-11H,8H2,1-7H3,(H,16,17,18)/t20-;/m0./s1. The molecule has 2 amide bonds. The van der Waals surface area contributed by atoms with E-state index in [-0.39, 0.29) is 53.3 Å². The van der Waals surface area contributed by atoms with Gasteiger partial charge in [-0.25, -0.2) is 23.2 Å². The third-order valence-corrected chi connectivity index (χ3v) is 14.6. The molecule has 0 unspecified atom stereocenters. The van der Waals surface area contributed by atoms with Gasteiger partial charge in [0.2, 0.25) is 0 Å². The number of thiazole rings is 2. The minimum atomic E-state index is -3.46. The zero-order valence-electron chi connectivity index (χ0n) is 39.9. The van der Waals surface area contributed by atoms with Crippen molar-refractivity contribution in [1.82, 2.24) is 9.97 Å². The maximum atomic E-state index is 13.3. The number of rotatable bonds is 22. The number of hydrogen-bond donors (Lipinski definition) is 2. The first kappa shape index (κ1) is 56.6. The summed E-state index contributed by atoms with van der Waals surface area (Å²) in [5, 5.41) is 9.40. The molecule has 23 heteroatoms. The maximum Gasteiger partial charge on any atom is 0.413 e. The third-order valence-electron chi connectivity index (χ3n) is 7.50. The molecule has 2 N–H and O–H groups in total.